The number of aryl methyl sites for hydroxylation is 3. The molecule has 0 spiro atoms. The molecule has 21 heavy (non-hydrogen) atoms. The maximum Gasteiger partial charge on any atom is 0.264 e. The molecule has 0 unspecified atom stereocenters. The Bertz CT molecular complexity index is 802. The molecule has 0 amide bonds. The number of nitrogens with two attached hydrogens (primary N) is 1. The number of benzene rings is 2. The highest BCUT2D eigenvalue weighted by Crippen LogP contribution is 2.25. The average molecular weight is 308 g/mol. The van der Waals surface area contributed by atoms with Gasteiger partial charge in [-0.15, -0.1) is 0 Å². The lowest BCUT2D eigenvalue weighted by molar-refractivity contribution is 0.565. The molecule has 0 aromatic heterocycles. The summed E-state index contributed by atoms with van der Waals surface area (Å²) in [5.74, 6) is -0.790. The van der Waals surface area contributed by atoms with Gasteiger partial charge in [-0.2, -0.15) is 0 Å². The fraction of sp³-hybridized carbons (Fsp3) is 0.200. The topological polar surface area (TPSA) is 72.2 Å². The molecule has 0 aliphatic carbocycles. The second-order valence-electron chi connectivity index (χ2n) is 5.07. The van der Waals surface area contributed by atoms with Crippen molar-refractivity contribution in [1.82, 2.24) is 0 Å². The van der Waals surface area contributed by atoms with Crippen LogP contribution in [0.25, 0.3) is 0 Å². The molecule has 0 aliphatic heterocycles. The lowest BCUT2D eigenvalue weighted by atomic mass is 10.1. The summed E-state index contributed by atoms with van der Waals surface area (Å²) in [6.45, 7) is 5.17. The lowest BCUT2D eigenvalue weighted by Gasteiger charge is -2.13. The summed E-state index contributed by atoms with van der Waals surface area (Å²) in [6, 6.07) is 7.80. The Balaban J connectivity index is 2.48. The van der Waals surface area contributed by atoms with Gasteiger partial charge in [0.15, 0.2) is 0 Å². The van der Waals surface area contributed by atoms with Crippen molar-refractivity contribution in [2.45, 2.75) is 25.7 Å². The highest BCUT2D eigenvalue weighted by atomic mass is 32.2. The number of hydrogen-bond donors (Lipinski definition) is 2. The summed E-state index contributed by atoms with van der Waals surface area (Å²) in [6.07, 6.45) is 0. The number of halogens is 1. The highest BCUT2D eigenvalue weighted by molar-refractivity contribution is 7.92. The van der Waals surface area contributed by atoms with Crippen molar-refractivity contribution in [3.63, 3.8) is 0 Å². The van der Waals surface area contributed by atoms with E-state index in [0.29, 0.717) is 5.69 Å². The zero-order chi connectivity index (χ0) is 15.8. The smallest absolute Gasteiger partial charge is 0.264 e. The van der Waals surface area contributed by atoms with Gasteiger partial charge in [0.05, 0.1) is 5.69 Å². The van der Waals surface area contributed by atoms with Crippen molar-refractivity contribution < 1.29 is 12.8 Å². The maximum atomic E-state index is 14.1. The molecule has 3 N–H and O–H groups in total. The van der Waals surface area contributed by atoms with Crippen LogP contribution in [0.15, 0.2) is 35.2 Å². The zero-order valence-electron chi connectivity index (χ0n) is 12.1. The molecule has 4 nitrogen and oxygen atoms in total. The Morgan fingerprint density at radius 3 is 2.33 bits per heavy atom. The van der Waals surface area contributed by atoms with E-state index in [2.05, 4.69) is 4.72 Å². The van der Waals surface area contributed by atoms with E-state index in [9.17, 15) is 12.8 Å². The van der Waals surface area contributed by atoms with Crippen LogP contribution in [0.5, 0.6) is 0 Å². The number of rotatable bonds is 3. The SMILES string of the molecule is Cc1ccc(NS(=O)(=O)c2cc(N)cc(C)c2F)c(C)c1. The number of nitrogen functional groups attached to an aromatic ring is 1. The van der Waals surface area contributed by atoms with Gasteiger partial charge in [-0.3, -0.25) is 4.72 Å². The summed E-state index contributed by atoms with van der Waals surface area (Å²) < 4.78 is 41.2. The van der Waals surface area contributed by atoms with E-state index in [-0.39, 0.29) is 11.3 Å². The normalized spacial score (nSPS) is 11.4. The van der Waals surface area contributed by atoms with Gasteiger partial charge in [0, 0.05) is 5.69 Å². The average Bonchev–Trinajstić information content (AvgIpc) is 2.37. The Morgan fingerprint density at radius 1 is 1.05 bits per heavy atom. The minimum atomic E-state index is -4.03. The summed E-state index contributed by atoms with van der Waals surface area (Å²) in [5, 5.41) is 0. The van der Waals surface area contributed by atoms with Crippen LogP contribution in [0, 0.1) is 26.6 Å². The van der Waals surface area contributed by atoms with Crippen LogP contribution < -0.4 is 10.5 Å². The number of anilines is 2. The molecule has 6 heteroatoms. The van der Waals surface area contributed by atoms with E-state index >= 15 is 0 Å². The van der Waals surface area contributed by atoms with E-state index in [0.717, 1.165) is 17.2 Å². The zero-order valence-corrected chi connectivity index (χ0v) is 12.9. The molecule has 0 radical (unpaired) electrons. The molecular formula is C15H17FN2O2S. The maximum absolute atomic E-state index is 14.1. The monoisotopic (exact) mass is 308 g/mol. The van der Waals surface area contributed by atoms with Crippen LogP contribution in [-0.2, 0) is 10.0 Å². The van der Waals surface area contributed by atoms with Crippen LogP contribution in [0.4, 0.5) is 15.8 Å². The van der Waals surface area contributed by atoms with Crippen molar-refractivity contribution in [3.8, 4) is 0 Å². The molecule has 2 aromatic carbocycles. The first-order valence-corrected chi connectivity index (χ1v) is 7.85. The van der Waals surface area contributed by atoms with Gasteiger partial charge in [-0.05, 0) is 50.1 Å². The van der Waals surface area contributed by atoms with Crippen molar-refractivity contribution in [1.29, 1.82) is 0 Å². The Labute approximate surface area is 123 Å². The first kappa shape index (κ1) is 15.3. The first-order valence-electron chi connectivity index (χ1n) is 6.36. The third kappa shape index (κ3) is 3.16. The van der Waals surface area contributed by atoms with Crippen LogP contribution in [0.2, 0.25) is 0 Å². The van der Waals surface area contributed by atoms with Gasteiger partial charge < -0.3 is 5.73 Å². The summed E-state index contributed by atoms with van der Waals surface area (Å²) >= 11 is 0. The van der Waals surface area contributed by atoms with Gasteiger partial charge >= 0.3 is 0 Å². The van der Waals surface area contributed by atoms with E-state index in [1.54, 1.807) is 19.1 Å². The molecule has 0 saturated carbocycles. The van der Waals surface area contributed by atoms with Crippen molar-refractivity contribution >= 4 is 21.4 Å². The third-order valence-corrected chi connectivity index (χ3v) is 4.52. The number of hydrogen-bond acceptors (Lipinski definition) is 3. The Morgan fingerprint density at radius 2 is 1.71 bits per heavy atom. The molecule has 0 fully saturated rings. The van der Waals surface area contributed by atoms with E-state index < -0.39 is 20.7 Å². The van der Waals surface area contributed by atoms with Gasteiger partial charge in [0.2, 0.25) is 0 Å². The summed E-state index contributed by atoms with van der Waals surface area (Å²) in [5.41, 5.74) is 8.20. The molecule has 0 aliphatic rings. The minimum Gasteiger partial charge on any atom is -0.399 e. The van der Waals surface area contributed by atoms with Gasteiger partial charge in [-0.1, -0.05) is 17.7 Å². The second kappa shape index (κ2) is 5.37. The van der Waals surface area contributed by atoms with Gasteiger partial charge in [0.1, 0.15) is 10.7 Å². The standard InChI is InChI=1S/C15H17FN2O2S/c1-9-4-5-13(10(2)6-9)18-21(19,20)14-8-12(17)7-11(3)15(14)16/h4-8,18H,17H2,1-3H3. The largest absolute Gasteiger partial charge is 0.399 e. The fourth-order valence-corrected chi connectivity index (χ4v) is 3.40. The fourth-order valence-electron chi connectivity index (χ4n) is 2.09. The molecule has 0 atom stereocenters. The molecule has 0 bridgehead atoms. The molecule has 2 aromatic rings. The quantitative estimate of drug-likeness (QED) is 0.856. The van der Waals surface area contributed by atoms with E-state index in [1.807, 2.05) is 13.0 Å². The Hall–Kier alpha value is -2.08. The van der Waals surface area contributed by atoms with Gasteiger partial charge in [-0.25, -0.2) is 12.8 Å². The molecule has 0 heterocycles. The van der Waals surface area contributed by atoms with Crippen LogP contribution in [-0.4, -0.2) is 8.42 Å². The van der Waals surface area contributed by atoms with Crippen LogP contribution in [0.3, 0.4) is 0 Å². The van der Waals surface area contributed by atoms with E-state index in [4.69, 9.17) is 5.73 Å². The van der Waals surface area contributed by atoms with Crippen LogP contribution >= 0.6 is 0 Å². The van der Waals surface area contributed by atoms with Gasteiger partial charge in [0.25, 0.3) is 10.0 Å². The number of sulfonamides is 1. The van der Waals surface area contributed by atoms with Crippen LogP contribution in [0.1, 0.15) is 16.7 Å². The molecule has 2 rings (SSSR count). The third-order valence-electron chi connectivity index (χ3n) is 3.16. The minimum absolute atomic E-state index is 0.191. The molecule has 0 saturated heterocycles. The summed E-state index contributed by atoms with van der Waals surface area (Å²) in [4.78, 5) is -0.444. The first-order chi connectivity index (χ1) is 9.70. The molecular weight excluding hydrogens is 291 g/mol. The van der Waals surface area contributed by atoms with Crippen molar-refractivity contribution in [2.75, 3.05) is 10.5 Å². The Kier molecular flexibility index (Phi) is 3.91. The second-order valence-corrected chi connectivity index (χ2v) is 6.72. The number of nitrogens with one attached hydrogen (secondary N) is 1. The van der Waals surface area contributed by atoms with Crippen molar-refractivity contribution in [3.05, 3.63) is 52.8 Å². The summed E-state index contributed by atoms with van der Waals surface area (Å²) in [7, 11) is -4.03. The highest BCUT2D eigenvalue weighted by Gasteiger charge is 2.22. The van der Waals surface area contributed by atoms with E-state index in [1.165, 1.54) is 13.0 Å². The lowest BCUT2D eigenvalue weighted by Crippen LogP contribution is -2.16. The predicted octanol–water partition coefficient (Wildman–Crippen LogP) is 3.13. The van der Waals surface area contributed by atoms with Crippen molar-refractivity contribution in [2.24, 2.45) is 0 Å². The predicted molar refractivity (Wildman–Crippen MR) is 82.3 cm³/mol. The molecule has 112 valence electrons.